The molecule has 0 atom stereocenters. The van der Waals surface area contributed by atoms with Gasteiger partial charge in [-0.15, -0.1) is 0 Å². The van der Waals surface area contributed by atoms with E-state index in [1.807, 2.05) is 19.2 Å². The molecule has 0 bridgehead atoms. The minimum atomic E-state index is 0.280. The fraction of sp³-hybridized carbons (Fsp3) is 0.318. The predicted octanol–water partition coefficient (Wildman–Crippen LogP) is 4.01. The number of rotatable bonds is 5. The van der Waals surface area contributed by atoms with E-state index in [9.17, 15) is 0 Å². The Morgan fingerprint density at radius 1 is 1.00 bits per heavy atom. The van der Waals surface area contributed by atoms with Gasteiger partial charge in [-0.2, -0.15) is 10.1 Å². The van der Waals surface area contributed by atoms with Crippen LogP contribution >= 0.6 is 11.6 Å². The molecule has 1 fully saturated rings. The summed E-state index contributed by atoms with van der Waals surface area (Å²) in [7, 11) is 0. The molecule has 2 N–H and O–H groups in total. The summed E-state index contributed by atoms with van der Waals surface area (Å²) in [4.78, 5) is 20.1. The summed E-state index contributed by atoms with van der Waals surface area (Å²) in [5.74, 6) is 2.10. The maximum Gasteiger partial charge on any atom is 0.229 e. The number of pyridine rings is 1. The average molecular weight is 450 g/mol. The summed E-state index contributed by atoms with van der Waals surface area (Å²) in [5.41, 5.74) is 3.67. The second kappa shape index (κ2) is 8.58. The van der Waals surface area contributed by atoms with Crippen LogP contribution in [0.5, 0.6) is 0 Å². The summed E-state index contributed by atoms with van der Waals surface area (Å²) in [6.07, 6.45) is 8.97. The zero-order valence-electron chi connectivity index (χ0n) is 18.0. The average Bonchev–Trinajstić information content (AvgIpc) is 3.17. The molecule has 0 aliphatic carbocycles. The van der Waals surface area contributed by atoms with Gasteiger partial charge in [-0.05, 0) is 38.3 Å². The lowest BCUT2D eigenvalue weighted by molar-refractivity contribution is 0.522. The lowest BCUT2D eigenvalue weighted by Gasteiger charge is -2.33. The van der Waals surface area contributed by atoms with Crippen molar-refractivity contribution >= 4 is 40.5 Å². The highest BCUT2D eigenvalue weighted by Crippen LogP contribution is 2.25. The molecule has 5 rings (SSSR count). The Labute approximate surface area is 190 Å². The van der Waals surface area contributed by atoms with Crippen LogP contribution in [0.4, 0.5) is 23.3 Å². The van der Waals surface area contributed by atoms with E-state index in [2.05, 4.69) is 59.6 Å². The second-order valence-electron chi connectivity index (χ2n) is 8.03. The summed E-state index contributed by atoms with van der Waals surface area (Å²) >= 11 is 6.38. The number of nitrogens with zero attached hydrogens (tertiary/aromatic N) is 7. The number of halogens is 1. The summed E-state index contributed by atoms with van der Waals surface area (Å²) < 4.78 is 1.78. The van der Waals surface area contributed by atoms with Crippen LogP contribution < -0.4 is 15.5 Å². The highest BCUT2D eigenvalue weighted by atomic mass is 35.5. The predicted molar refractivity (Wildman–Crippen MR) is 126 cm³/mol. The molecule has 1 aliphatic heterocycles. The molecule has 0 aromatic carbocycles. The van der Waals surface area contributed by atoms with Gasteiger partial charge in [0.25, 0.3) is 0 Å². The molecule has 1 aliphatic rings. The van der Waals surface area contributed by atoms with Crippen LogP contribution in [0.2, 0.25) is 5.02 Å². The number of aromatic nitrogens is 6. The van der Waals surface area contributed by atoms with E-state index in [0.717, 1.165) is 48.8 Å². The quantitative estimate of drug-likeness (QED) is 0.471. The molecular formula is C22H24ClN9. The zero-order valence-corrected chi connectivity index (χ0v) is 18.7. The van der Waals surface area contributed by atoms with Gasteiger partial charge in [0.15, 0.2) is 11.5 Å². The molecule has 0 amide bonds. The Morgan fingerprint density at radius 2 is 1.84 bits per heavy atom. The third kappa shape index (κ3) is 4.29. The van der Waals surface area contributed by atoms with Gasteiger partial charge in [-0.1, -0.05) is 17.7 Å². The highest BCUT2D eigenvalue weighted by Gasteiger charge is 2.21. The van der Waals surface area contributed by atoms with Crippen molar-refractivity contribution in [1.82, 2.24) is 29.5 Å². The molecule has 10 heteroatoms. The zero-order chi connectivity index (χ0) is 22.1. The summed E-state index contributed by atoms with van der Waals surface area (Å²) in [5, 5.41) is 11.6. The van der Waals surface area contributed by atoms with E-state index in [-0.39, 0.29) is 6.04 Å². The van der Waals surface area contributed by atoms with Crippen molar-refractivity contribution in [3.63, 3.8) is 0 Å². The van der Waals surface area contributed by atoms with E-state index in [0.29, 0.717) is 16.8 Å². The smallest absolute Gasteiger partial charge is 0.229 e. The first-order chi connectivity index (χ1) is 15.5. The largest absolute Gasteiger partial charge is 0.366 e. The Hall–Kier alpha value is -3.46. The van der Waals surface area contributed by atoms with Gasteiger partial charge < -0.3 is 15.5 Å². The maximum absolute atomic E-state index is 6.38. The van der Waals surface area contributed by atoms with Crippen molar-refractivity contribution in [2.45, 2.75) is 32.7 Å². The summed E-state index contributed by atoms with van der Waals surface area (Å²) in [6, 6.07) is 6.37. The van der Waals surface area contributed by atoms with Gasteiger partial charge in [0.1, 0.15) is 10.8 Å². The van der Waals surface area contributed by atoms with Crippen LogP contribution in [0.15, 0.2) is 43.0 Å². The van der Waals surface area contributed by atoms with Crippen molar-refractivity contribution in [1.29, 1.82) is 0 Å². The Balaban J connectivity index is 1.24. The van der Waals surface area contributed by atoms with Gasteiger partial charge >= 0.3 is 0 Å². The van der Waals surface area contributed by atoms with Gasteiger partial charge in [-0.25, -0.2) is 19.5 Å². The monoisotopic (exact) mass is 449 g/mol. The third-order valence-electron chi connectivity index (χ3n) is 5.59. The first kappa shape index (κ1) is 20.4. The van der Waals surface area contributed by atoms with Crippen molar-refractivity contribution in [2.24, 2.45) is 0 Å². The fourth-order valence-corrected chi connectivity index (χ4v) is 3.96. The minimum Gasteiger partial charge on any atom is -0.366 e. The van der Waals surface area contributed by atoms with Gasteiger partial charge in [0.2, 0.25) is 5.95 Å². The van der Waals surface area contributed by atoms with Crippen molar-refractivity contribution in [2.75, 3.05) is 28.6 Å². The van der Waals surface area contributed by atoms with Crippen LogP contribution in [0.3, 0.4) is 0 Å². The molecule has 9 nitrogen and oxygen atoms in total. The van der Waals surface area contributed by atoms with Gasteiger partial charge in [-0.3, -0.25) is 0 Å². The topological polar surface area (TPSA) is 96.2 Å². The molecule has 0 spiro atoms. The number of fused-ring (bicyclic) bond motifs is 1. The van der Waals surface area contributed by atoms with Crippen LogP contribution in [-0.2, 0) is 0 Å². The second-order valence-corrected chi connectivity index (χ2v) is 8.44. The Morgan fingerprint density at radius 3 is 2.62 bits per heavy atom. The number of hydrogen-bond donors (Lipinski definition) is 2. The van der Waals surface area contributed by atoms with Crippen molar-refractivity contribution in [3.05, 3.63) is 59.3 Å². The van der Waals surface area contributed by atoms with Crippen LogP contribution in [-0.4, -0.2) is 48.7 Å². The standard InChI is InChI=1S/C22H24ClN9/c1-14-3-4-19(24-10-14)31-7-5-16(6-8-31)28-21-18(23)13-26-22(30-21)29-17-9-20-25-11-15(2)32(20)27-12-17/h3-4,9-13,16H,5-8H2,1-2H3,(H2,26,28,29,30). The first-order valence-corrected chi connectivity index (χ1v) is 11.0. The molecule has 164 valence electrons. The number of hydrogen-bond acceptors (Lipinski definition) is 8. The van der Waals surface area contributed by atoms with Gasteiger partial charge in [0, 0.05) is 31.4 Å². The lowest BCUT2D eigenvalue weighted by Crippen LogP contribution is -2.39. The van der Waals surface area contributed by atoms with Crippen molar-refractivity contribution in [3.8, 4) is 0 Å². The van der Waals surface area contributed by atoms with Crippen LogP contribution in [0.1, 0.15) is 24.1 Å². The number of nitrogens with one attached hydrogen (secondary N) is 2. The van der Waals surface area contributed by atoms with E-state index in [1.54, 1.807) is 23.1 Å². The number of piperidine rings is 1. The Kier molecular flexibility index (Phi) is 5.48. The molecule has 4 aromatic heterocycles. The van der Waals surface area contributed by atoms with Crippen molar-refractivity contribution < 1.29 is 0 Å². The molecule has 4 aromatic rings. The maximum atomic E-state index is 6.38. The molecule has 1 saturated heterocycles. The van der Waals surface area contributed by atoms with E-state index in [4.69, 9.17) is 11.6 Å². The minimum absolute atomic E-state index is 0.280. The van der Waals surface area contributed by atoms with Crippen LogP contribution in [0.25, 0.3) is 5.65 Å². The molecule has 32 heavy (non-hydrogen) atoms. The van der Waals surface area contributed by atoms with E-state index in [1.165, 1.54) is 5.56 Å². The van der Waals surface area contributed by atoms with Gasteiger partial charge in [0.05, 0.1) is 30.0 Å². The number of anilines is 4. The van der Waals surface area contributed by atoms with Crippen LogP contribution in [0, 0.1) is 13.8 Å². The molecule has 0 saturated carbocycles. The Bertz CT molecular complexity index is 1230. The normalized spacial score (nSPS) is 14.7. The van der Waals surface area contributed by atoms with E-state index >= 15 is 0 Å². The first-order valence-electron chi connectivity index (χ1n) is 10.6. The third-order valence-corrected chi connectivity index (χ3v) is 5.86. The highest BCUT2D eigenvalue weighted by molar-refractivity contribution is 6.32. The molecule has 5 heterocycles. The lowest BCUT2D eigenvalue weighted by atomic mass is 10.0. The number of imidazole rings is 1. The number of aryl methyl sites for hydroxylation is 2. The molecule has 0 unspecified atom stereocenters. The fourth-order valence-electron chi connectivity index (χ4n) is 3.81. The van der Waals surface area contributed by atoms with E-state index < -0.39 is 0 Å². The summed E-state index contributed by atoms with van der Waals surface area (Å²) in [6.45, 7) is 5.87. The SMILES string of the molecule is Cc1ccc(N2CCC(Nc3nc(Nc4cnn5c(C)cnc5c4)ncc3Cl)CC2)nc1. The molecule has 0 radical (unpaired) electrons. The molecular weight excluding hydrogens is 426 g/mol.